The first kappa shape index (κ1) is 18.0. The van der Waals surface area contributed by atoms with E-state index in [2.05, 4.69) is 39.1 Å². The van der Waals surface area contributed by atoms with E-state index >= 15 is 0 Å². The number of nitrogens with one attached hydrogen (secondary N) is 2. The van der Waals surface area contributed by atoms with Gasteiger partial charge in [0.2, 0.25) is 0 Å². The zero-order chi connectivity index (χ0) is 14.2. The Kier molecular flexibility index (Phi) is 8.36. The van der Waals surface area contributed by atoms with E-state index in [4.69, 9.17) is 0 Å². The first-order valence-electron chi connectivity index (χ1n) is 6.74. The molecule has 0 aromatic carbocycles. The maximum absolute atomic E-state index is 4.23. The van der Waals surface area contributed by atoms with Crippen LogP contribution in [0.1, 0.15) is 16.9 Å². The molecule has 0 spiro atoms. The summed E-state index contributed by atoms with van der Waals surface area (Å²) >= 11 is 1.77. The smallest absolute Gasteiger partial charge is 0.191 e. The number of aliphatic imine (C=N–C) groups is 1. The molecular formula is C14H22IN5S. The van der Waals surface area contributed by atoms with Gasteiger partial charge in [-0.3, -0.25) is 9.67 Å². The Balaban J connectivity index is 0.00000220. The number of aromatic nitrogens is 2. The first-order valence-corrected chi connectivity index (χ1v) is 7.62. The summed E-state index contributed by atoms with van der Waals surface area (Å²) in [5.41, 5.74) is 1.33. The normalized spacial score (nSPS) is 11.0. The number of nitrogens with zero attached hydrogens (tertiary/aromatic N) is 3. The van der Waals surface area contributed by atoms with Gasteiger partial charge < -0.3 is 10.6 Å². The van der Waals surface area contributed by atoms with E-state index in [0.29, 0.717) is 0 Å². The van der Waals surface area contributed by atoms with Crippen molar-refractivity contribution in [2.24, 2.45) is 4.99 Å². The van der Waals surface area contributed by atoms with E-state index in [9.17, 15) is 0 Å². The quantitative estimate of drug-likeness (QED) is 0.328. The van der Waals surface area contributed by atoms with Crippen molar-refractivity contribution in [3.05, 3.63) is 40.3 Å². The van der Waals surface area contributed by atoms with Gasteiger partial charge in [-0.2, -0.15) is 5.10 Å². The lowest BCUT2D eigenvalue weighted by molar-refractivity contribution is 0.570. The third-order valence-electron chi connectivity index (χ3n) is 3.02. The molecule has 2 aromatic heterocycles. The van der Waals surface area contributed by atoms with Crippen LogP contribution in [0.25, 0.3) is 0 Å². The predicted molar refractivity (Wildman–Crippen MR) is 99.5 cm³/mol. The van der Waals surface area contributed by atoms with E-state index in [0.717, 1.165) is 32.0 Å². The summed E-state index contributed by atoms with van der Waals surface area (Å²) < 4.78 is 1.94. The van der Waals surface area contributed by atoms with Gasteiger partial charge >= 0.3 is 0 Å². The van der Waals surface area contributed by atoms with Crippen LogP contribution in [0.2, 0.25) is 0 Å². The minimum atomic E-state index is 0. The van der Waals surface area contributed by atoms with Crippen LogP contribution in [0.3, 0.4) is 0 Å². The molecule has 2 heterocycles. The van der Waals surface area contributed by atoms with Crippen LogP contribution in [0.5, 0.6) is 0 Å². The van der Waals surface area contributed by atoms with Gasteiger partial charge in [-0.1, -0.05) is 0 Å². The van der Waals surface area contributed by atoms with Gasteiger partial charge in [0.15, 0.2) is 5.96 Å². The Hall–Kier alpha value is -1.09. The molecule has 0 aliphatic heterocycles. The molecule has 0 radical (unpaired) electrons. The van der Waals surface area contributed by atoms with Crippen LogP contribution >= 0.6 is 35.3 Å². The van der Waals surface area contributed by atoms with Crippen molar-refractivity contribution in [3.8, 4) is 0 Å². The molecule has 0 fully saturated rings. The van der Waals surface area contributed by atoms with Crippen molar-refractivity contribution >= 4 is 41.3 Å². The number of thiophene rings is 1. The Morgan fingerprint density at radius 1 is 1.43 bits per heavy atom. The summed E-state index contributed by atoms with van der Waals surface area (Å²) in [6.45, 7) is 4.75. The van der Waals surface area contributed by atoms with Gasteiger partial charge in [-0.15, -0.1) is 35.3 Å². The predicted octanol–water partition coefficient (Wildman–Crippen LogP) is 2.63. The highest BCUT2D eigenvalue weighted by Crippen LogP contribution is 2.14. The molecule has 0 aliphatic rings. The minimum Gasteiger partial charge on any atom is -0.356 e. The second-order valence-corrected chi connectivity index (χ2v) is 5.50. The molecule has 0 saturated heterocycles. The molecule has 7 heteroatoms. The van der Waals surface area contributed by atoms with Gasteiger partial charge in [0.25, 0.3) is 0 Å². The maximum atomic E-state index is 4.23. The fraction of sp³-hybridized carbons (Fsp3) is 0.429. The maximum Gasteiger partial charge on any atom is 0.191 e. The Labute approximate surface area is 146 Å². The van der Waals surface area contributed by atoms with Crippen LogP contribution in [0, 0.1) is 6.92 Å². The topological polar surface area (TPSA) is 54.2 Å². The molecule has 0 atom stereocenters. The van der Waals surface area contributed by atoms with Crippen LogP contribution in [0.15, 0.2) is 34.9 Å². The third-order valence-corrected chi connectivity index (χ3v) is 4.05. The van der Waals surface area contributed by atoms with E-state index in [1.54, 1.807) is 24.6 Å². The van der Waals surface area contributed by atoms with E-state index < -0.39 is 0 Å². The second-order valence-electron chi connectivity index (χ2n) is 4.50. The monoisotopic (exact) mass is 419 g/mol. The molecule has 116 valence electrons. The summed E-state index contributed by atoms with van der Waals surface area (Å²) in [5, 5.41) is 12.9. The molecule has 2 rings (SSSR count). The van der Waals surface area contributed by atoms with Gasteiger partial charge in [0.1, 0.15) is 0 Å². The van der Waals surface area contributed by atoms with Crippen molar-refractivity contribution in [2.75, 3.05) is 13.6 Å². The van der Waals surface area contributed by atoms with E-state index in [1.807, 2.05) is 16.9 Å². The molecule has 0 saturated carbocycles. The van der Waals surface area contributed by atoms with E-state index in [1.165, 1.54) is 10.4 Å². The van der Waals surface area contributed by atoms with Crippen molar-refractivity contribution in [3.63, 3.8) is 0 Å². The standard InChI is InChI=1S/C14H21N5S.HI/c1-12-5-10-20-13(12)11-17-14(15-2)16-6-3-8-19-9-4-7-18-19;/h4-5,7,9-10H,3,6,8,11H2,1-2H3,(H2,15,16,17);1H. The van der Waals surface area contributed by atoms with Crippen LogP contribution in [-0.4, -0.2) is 29.3 Å². The average molecular weight is 419 g/mol. The fourth-order valence-electron chi connectivity index (χ4n) is 1.85. The van der Waals surface area contributed by atoms with Crippen molar-refractivity contribution in [1.29, 1.82) is 0 Å². The fourth-order valence-corrected chi connectivity index (χ4v) is 2.70. The molecule has 5 nitrogen and oxygen atoms in total. The molecule has 21 heavy (non-hydrogen) atoms. The van der Waals surface area contributed by atoms with Gasteiger partial charge in [0, 0.05) is 37.4 Å². The zero-order valence-corrected chi connectivity index (χ0v) is 15.5. The summed E-state index contributed by atoms with van der Waals surface area (Å²) in [4.78, 5) is 5.58. The number of hydrogen-bond donors (Lipinski definition) is 2. The highest BCUT2D eigenvalue weighted by Gasteiger charge is 2.01. The van der Waals surface area contributed by atoms with Crippen molar-refractivity contribution in [2.45, 2.75) is 26.4 Å². The number of rotatable bonds is 6. The van der Waals surface area contributed by atoms with Crippen LogP contribution in [-0.2, 0) is 13.1 Å². The number of guanidine groups is 1. The average Bonchev–Trinajstić information content (AvgIpc) is 3.10. The number of halogens is 1. The molecule has 0 amide bonds. The highest BCUT2D eigenvalue weighted by molar-refractivity contribution is 14.0. The lowest BCUT2D eigenvalue weighted by Crippen LogP contribution is -2.37. The largest absolute Gasteiger partial charge is 0.356 e. The second kappa shape index (κ2) is 9.78. The molecule has 2 aromatic rings. The lowest BCUT2D eigenvalue weighted by Gasteiger charge is -2.11. The third kappa shape index (κ3) is 6.04. The summed E-state index contributed by atoms with van der Waals surface area (Å²) in [5.74, 6) is 0.846. The molecule has 0 aliphatic carbocycles. The lowest BCUT2D eigenvalue weighted by atomic mass is 10.3. The molecule has 0 bridgehead atoms. The molecular weight excluding hydrogens is 397 g/mol. The Morgan fingerprint density at radius 2 is 2.29 bits per heavy atom. The Morgan fingerprint density at radius 3 is 2.90 bits per heavy atom. The van der Waals surface area contributed by atoms with Gasteiger partial charge in [0.05, 0.1) is 6.54 Å². The molecule has 0 unspecified atom stereocenters. The van der Waals surface area contributed by atoms with Crippen molar-refractivity contribution < 1.29 is 0 Å². The van der Waals surface area contributed by atoms with Crippen LogP contribution < -0.4 is 10.6 Å². The molecule has 2 N–H and O–H groups in total. The van der Waals surface area contributed by atoms with Gasteiger partial charge in [-0.05, 0) is 36.4 Å². The van der Waals surface area contributed by atoms with Gasteiger partial charge in [-0.25, -0.2) is 0 Å². The first-order chi connectivity index (χ1) is 9.79. The minimum absolute atomic E-state index is 0. The Bertz CT molecular complexity index is 535. The van der Waals surface area contributed by atoms with Crippen LogP contribution in [0.4, 0.5) is 0 Å². The van der Waals surface area contributed by atoms with E-state index in [-0.39, 0.29) is 24.0 Å². The van der Waals surface area contributed by atoms with Crippen molar-refractivity contribution in [1.82, 2.24) is 20.4 Å². The highest BCUT2D eigenvalue weighted by atomic mass is 127. The zero-order valence-electron chi connectivity index (χ0n) is 12.4. The number of hydrogen-bond acceptors (Lipinski definition) is 3. The number of aryl methyl sites for hydroxylation is 2. The SMILES string of the molecule is CN=C(NCCCn1cccn1)NCc1sccc1C.I. The summed E-state index contributed by atoms with van der Waals surface area (Å²) in [7, 11) is 1.80. The summed E-state index contributed by atoms with van der Waals surface area (Å²) in [6.07, 6.45) is 4.80. The summed E-state index contributed by atoms with van der Waals surface area (Å²) in [6, 6.07) is 4.08.